The number of nitrogens with zero attached hydrogens (tertiary/aromatic N) is 1. The van der Waals surface area contributed by atoms with Gasteiger partial charge >= 0.3 is 0 Å². The Morgan fingerprint density at radius 1 is 1.62 bits per heavy atom. The first-order valence-corrected chi connectivity index (χ1v) is 3.90. The Balaban J connectivity index is 0.000000310. The summed E-state index contributed by atoms with van der Waals surface area (Å²) < 4.78 is 0. The molecule has 1 heterocycles. The SMILES string of the molecule is NC1CCCCNC1=O.O=[N+]([O-])O. The third kappa shape index (κ3) is 7.01. The zero-order valence-corrected chi connectivity index (χ0v) is 7.10. The van der Waals surface area contributed by atoms with Gasteiger partial charge in [0, 0.05) is 6.54 Å². The Bertz CT molecular complexity index is 181. The van der Waals surface area contributed by atoms with Crippen LogP contribution in [0.3, 0.4) is 0 Å². The summed E-state index contributed by atoms with van der Waals surface area (Å²) in [6, 6.07) is -0.257. The van der Waals surface area contributed by atoms with Crippen LogP contribution in [0.5, 0.6) is 0 Å². The predicted octanol–water partition coefficient (Wildman–Crippen LogP) is -0.734. The summed E-state index contributed by atoms with van der Waals surface area (Å²) in [5, 5.41) is 16.4. The van der Waals surface area contributed by atoms with E-state index in [2.05, 4.69) is 5.32 Å². The van der Waals surface area contributed by atoms with E-state index in [-0.39, 0.29) is 11.9 Å². The Morgan fingerprint density at radius 3 is 2.69 bits per heavy atom. The van der Waals surface area contributed by atoms with E-state index in [0.717, 1.165) is 25.8 Å². The minimum atomic E-state index is -1.50. The van der Waals surface area contributed by atoms with E-state index in [1.54, 1.807) is 0 Å². The molecule has 1 atom stereocenters. The van der Waals surface area contributed by atoms with Crippen LogP contribution in [-0.2, 0) is 4.79 Å². The molecule has 13 heavy (non-hydrogen) atoms. The Hall–Kier alpha value is -1.37. The third-order valence-corrected chi connectivity index (χ3v) is 1.58. The number of amides is 1. The molecular formula is C6H13N3O4. The Labute approximate surface area is 75.0 Å². The molecule has 0 bridgehead atoms. The molecule has 1 aliphatic rings. The molecule has 0 aliphatic carbocycles. The lowest BCUT2D eigenvalue weighted by Crippen LogP contribution is -2.38. The van der Waals surface area contributed by atoms with Gasteiger partial charge in [-0.15, -0.1) is 10.1 Å². The first-order chi connectivity index (χ1) is 6.04. The van der Waals surface area contributed by atoms with Gasteiger partial charge in [-0.05, 0) is 19.3 Å². The lowest BCUT2D eigenvalue weighted by atomic mass is 10.1. The monoisotopic (exact) mass is 191 g/mol. The summed E-state index contributed by atoms with van der Waals surface area (Å²) in [5.41, 5.74) is 5.47. The molecule has 7 heteroatoms. The van der Waals surface area contributed by atoms with Gasteiger partial charge in [0.05, 0.1) is 6.04 Å². The summed E-state index contributed by atoms with van der Waals surface area (Å²) in [6.07, 6.45) is 2.98. The summed E-state index contributed by atoms with van der Waals surface area (Å²) >= 11 is 0. The van der Waals surface area contributed by atoms with Gasteiger partial charge in [0.1, 0.15) is 0 Å². The van der Waals surface area contributed by atoms with Crippen LogP contribution in [0.15, 0.2) is 0 Å². The minimum absolute atomic E-state index is 0.00694. The summed E-state index contributed by atoms with van der Waals surface area (Å²) in [6.45, 7) is 0.798. The van der Waals surface area contributed by atoms with Crippen molar-refractivity contribution in [2.24, 2.45) is 5.73 Å². The predicted molar refractivity (Wildman–Crippen MR) is 43.6 cm³/mol. The van der Waals surface area contributed by atoms with Crippen LogP contribution in [0.25, 0.3) is 0 Å². The summed E-state index contributed by atoms with van der Waals surface area (Å²) in [7, 11) is 0. The summed E-state index contributed by atoms with van der Waals surface area (Å²) in [4.78, 5) is 19.1. The standard InChI is InChI=1S/C6H12N2O.HNO3/c7-5-3-1-2-4-8-6(5)9;2-1(3)4/h5H,1-4,7H2,(H,8,9);(H,2,3,4). The van der Waals surface area contributed by atoms with Gasteiger partial charge in [-0.25, -0.2) is 0 Å². The van der Waals surface area contributed by atoms with Crippen LogP contribution in [-0.4, -0.2) is 28.8 Å². The van der Waals surface area contributed by atoms with Crippen molar-refractivity contribution in [3.05, 3.63) is 10.1 Å². The third-order valence-electron chi connectivity index (χ3n) is 1.58. The molecule has 1 amide bonds. The highest BCUT2D eigenvalue weighted by molar-refractivity contribution is 5.81. The van der Waals surface area contributed by atoms with E-state index in [1.807, 2.05) is 0 Å². The second kappa shape index (κ2) is 6.18. The van der Waals surface area contributed by atoms with E-state index >= 15 is 0 Å². The number of carbonyl (C=O) groups is 1. The molecule has 1 aliphatic heterocycles. The van der Waals surface area contributed by atoms with Crippen LogP contribution < -0.4 is 11.1 Å². The molecule has 0 aromatic heterocycles. The molecule has 1 rings (SSSR count). The van der Waals surface area contributed by atoms with E-state index < -0.39 is 5.09 Å². The van der Waals surface area contributed by atoms with E-state index in [1.165, 1.54) is 0 Å². The first kappa shape index (κ1) is 11.6. The van der Waals surface area contributed by atoms with Crippen molar-refractivity contribution in [2.45, 2.75) is 25.3 Å². The molecule has 0 radical (unpaired) electrons. The van der Waals surface area contributed by atoms with E-state index in [4.69, 9.17) is 21.1 Å². The largest absolute Gasteiger partial charge is 0.355 e. The van der Waals surface area contributed by atoms with Crippen molar-refractivity contribution >= 4 is 5.91 Å². The van der Waals surface area contributed by atoms with Gasteiger partial charge in [0.15, 0.2) is 0 Å². The summed E-state index contributed by atoms with van der Waals surface area (Å²) in [5.74, 6) is 0.00694. The first-order valence-electron chi connectivity index (χ1n) is 3.90. The smallest absolute Gasteiger partial charge is 0.291 e. The van der Waals surface area contributed by atoms with Gasteiger partial charge in [0.25, 0.3) is 5.09 Å². The Morgan fingerprint density at radius 2 is 2.15 bits per heavy atom. The van der Waals surface area contributed by atoms with Gasteiger partial charge in [-0.2, -0.15) is 0 Å². The van der Waals surface area contributed by atoms with Crippen molar-refractivity contribution in [3.8, 4) is 0 Å². The minimum Gasteiger partial charge on any atom is -0.355 e. The average Bonchev–Trinajstić information content (AvgIpc) is 2.16. The van der Waals surface area contributed by atoms with Crippen molar-refractivity contribution in [3.63, 3.8) is 0 Å². The van der Waals surface area contributed by atoms with Crippen LogP contribution in [0, 0.1) is 10.1 Å². The van der Waals surface area contributed by atoms with Crippen LogP contribution in [0.1, 0.15) is 19.3 Å². The number of nitrogens with two attached hydrogens (primary N) is 1. The molecule has 0 aromatic carbocycles. The van der Waals surface area contributed by atoms with Crippen molar-refractivity contribution < 1.29 is 15.1 Å². The van der Waals surface area contributed by atoms with Gasteiger partial charge in [-0.1, -0.05) is 0 Å². The van der Waals surface area contributed by atoms with Crippen LogP contribution in [0.4, 0.5) is 0 Å². The highest BCUT2D eigenvalue weighted by Crippen LogP contribution is 2.01. The molecule has 1 unspecified atom stereocenters. The second-order valence-corrected chi connectivity index (χ2v) is 2.63. The maximum Gasteiger partial charge on any atom is 0.291 e. The lowest BCUT2D eigenvalue weighted by molar-refractivity contribution is -0.742. The van der Waals surface area contributed by atoms with Crippen molar-refractivity contribution in [2.75, 3.05) is 6.54 Å². The molecule has 0 aromatic rings. The molecule has 0 spiro atoms. The molecule has 1 saturated heterocycles. The average molecular weight is 191 g/mol. The topological polar surface area (TPSA) is 118 Å². The zero-order valence-electron chi connectivity index (χ0n) is 7.10. The molecule has 76 valence electrons. The van der Waals surface area contributed by atoms with Crippen LogP contribution >= 0.6 is 0 Å². The fraction of sp³-hybridized carbons (Fsp3) is 0.833. The lowest BCUT2D eigenvalue weighted by Gasteiger charge is -2.03. The normalized spacial score (nSPS) is 21.9. The number of carbonyl (C=O) groups excluding carboxylic acids is 1. The van der Waals surface area contributed by atoms with E-state index in [0.29, 0.717) is 0 Å². The fourth-order valence-electron chi connectivity index (χ4n) is 0.963. The van der Waals surface area contributed by atoms with Crippen LogP contribution in [0.2, 0.25) is 0 Å². The molecule has 1 fully saturated rings. The zero-order chi connectivity index (χ0) is 10.3. The maximum atomic E-state index is 10.8. The Kier molecular flexibility index (Phi) is 5.53. The van der Waals surface area contributed by atoms with Gasteiger partial charge in [0.2, 0.25) is 5.91 Å². The molecule has 4 N–H and O–H groups in total. The molecule has 0 saturated carbocycles. The number of hydrogen-bond donors (Lipinski definition) is 3. The quantitative estimate of drug-likeness (QED) is 0.344. The second-order valence-electron chi connectivity index (χ2n) is 2.63. The highest BCUT2D eigenvalue weighted by atomic mass is 16.9. The van der Waals surface area contributed by atoms with Gasteiger partial charge < -0.3 is 16.3 Å². The number of hydrogen-bond acceptors (Lipinski definition) is 4. The molecular weight excluding hydrogens is 178 g/mol. The highest BCUT2D eigenvalue weighted by Gasteiger charge is 2.14. The number of rotatable bonds is 0. The molecule has 7 nitrogen and oxygen atoms in total. The van der Waals surface area contributed by atoms with E-state index in [9.17, 15) is 4.79 Å². The van der Waals surface area contributed by atoms with Crippen molar-refractivity contribution in [1.29, 1.82) is 0 Å². The van der Waals surface area contributed by atoms with Crippen molar-refractivity contribution in [1.82, 2.24) is 5.32 Å². The fourth-order valence-corrected chi connectivity index (χ4v) is 0.963. The van der Waals surface area contributed by atoms with Gasteiger partial charge in [-0.3, -0.25) is 4.79 Å². The maximum absolute atomic E-state index is 10.8. The number of nitrogens with one attached hydrogen (secondary N) is 1.